The molecule has 0 bridgehead atoms. The molecule has 1 aliphatic heterocycles. The molecule has 3 aromatic rings. The maximum atomic E-state index is 12.4. The third-order valence-corrected chi connectivity index (χ3v) is 5.78. The summed E-state index contributed by atoms with van der Waals surface area (Å²) in [5.41, 5.74) is 0.661. The molecule has 3 aromatic heterocycles. The van der Waals surface area contributed by atoms with Gasteiger partial charge in [-0.1, -0.05) is 29.8 Å². The van der Waals surface area contributed by atoms with Crippen molar-refractivity contribution in [2.75, 3.05) is 23.3 Å². The number of piperidine rings is 1. The van der Waals surface area contributed by atoms with E-state index in [1.54, 1.807) is 19.1 Å². The first-order valence-electron chi connectivity index (χ1n) is 9.42. The summed E-state index contributed by atoms with van der Waals surface area (Å²) in [4.78, 5) is 32.0. The average molecular weight is 402 g/mol. The first-order chi connectivity index (χ1) is 13.5. The molecule has 0 radical (unpaired) electrons. The molecule has 1 saturated heterocycles. The molecule has 0 unspecified atom stereocenters. The van der Waals surface area contributed by atoms with Crippen LogP contribution in [0.2, 0.25) is 0 Å². The number of hydrogen-bond donors (Lipinski definition) is 1. The average Bonchev–Trinajstić information content (AvgIpc) is 3.28. The van der Waals surface area contributed by atoms with Crippen LogP contribution in [-0.4, -0.2) is 38.8 Å². The van der Waals surface area contributed by atoms with Gasteiger partial charge in [-0.05, 0) is 26.2 Å². The minimum atomic E-state index is -0.145. The van der Waals surface area contributed by atoms with Gasteiger partial charge in [-0.25, -0.2) is 4.98 Å². The van der Waals surface area contributed by atoms with E-state index in [2.05, 4.69) is 32.4 Å². The second kappa shape index (κ2) is 7.70. The number of anilines is 2. The SMILES string of the molecule is CCCc1cc(=O)n2nc(N3CCC(C(=O)Nc4cc(C)on4)CC3)sc2n1. The van der Waals surface area contributed by atoms with Crippen LogP contribution in [-0.2, 0) is 11.2 Å². The summed E-state index contributed by atoms with van der Waals surface area (Å²) in [6.45, 7) is 5.24. The number of amides is 1. The van der Waals surface area contributed by atoms with Gasteiger partial charge in [0.25, 0.3) is 5.56 Å². The van der Waals surface area contributed by atoms with Crippen LogP contribution < -0.4 is 15.8 Å². The molecule has 4 rings (SSSR count). The van der Waals surface area contributed by atoms with Crippen molar-refractivity contribution in [1.82, 2.24) is 19.8 Å². The second-order valence-electron chi connectivity index (χ2n) is 6.99. The normalized spacial score (nSPS) is 15.3. The van der Waals surface area contributed by atoms with E-state index in [9.17, 15) is 9.59 Å². The van der Waals surface area contributed by atoms with Crippen LogP contribution in [0.4, 0.5) is 10.9 Å². The zero-order chi connectivity index (χ0) is 19.7. The minimum Gasteiger partial charge on any atom is -0.360 e. The fourth-order valence-corrected chi connectivity index (χ4v) is 4.32. The number of aromatic nitrogens is 4. The van der Waals surface area contributed by atoms with Gasteiger partial charge in [-0.2, -0.15) is 4.52 Å². The van der Waals surface area contributed by atoms with Crippen molar-refractivity contribution in [3.8, 4) is 0 Å². The Balaban J connectivity index is 1.42. The highest BCUT2D eigenvalue weighted by atomic mass is 32.1. The van der Waals surface area contributed by atoms with Gasteiger partial charge < -0.3 is 14.7 Å². The van der Waals surface area contributed by atoms with Crippen molar-refractivity contribution in [2.24, 2.45) is 5.92 Å². The standard InChI is InChI=1S/C18H22N6O3S/c1-3-4-13-10-15(25)24-17(19-13)28-18(21-24)23-7-5-12(6-8-23)16(26)20-14-9-11(2)27-22-14/h9-10,12H,3-8H2,1-2H3,(H,20,22,26). The highest BCUT2D eigenvalue weighted by molar-refractivity contribution is 7.20. The zero-order valence-electron chi connectivity index (χ0n) is 15.8. The van der Waals surface area contributed by atoms with Gasteiger partial charge in [-0.15, -0.1) is 5.10 Å². The summed E-state index contributed by atoms with van der Waals surface area (Å²) >= 11 is 1.42. The molecule has 148 valence electrons. The van der Waals surface area contributed by atoms with E-state index >= 15 is 0 Å². The molecular formula is C18H22N6O3S. The van der Waals surface area contributed by atoms with Gasteiger partial charge in [0, 0.05) is 36.8 Å². The van der Waals surface area contributed by atoms with Crippen LogP contribution in [0.5, 0.6) is 0 Å². The molecule has 10 heteroatoms. The molecule has 0 aromatic carbocycles. The van der Waals surface area contributed by atoms with E-state index in [1.165, 1.54) is 15.9 Å². The van der Waals surface area contributed by atoms with E-state index in [0.29, 0.717) is 42.5 Å². The van der Waals surface area contributed by atoms with Crippen molar-refractivity contribution in [3.05, 3.63) is 33.9 Å². The minimum absolute atomic E-state index is 0.0423. The largest absolute Gasteiger partial charge is 0.360 e. The third kappa shape index (κ3) is 3.77. The maximum absolute atomic E-state index is 12.4. The monoisotopic (exact) mass is 402 g/mol. The summed E-state index contributed by atoms with van der Waals surface area (Å²) in [5, 5.41) is 11.8. The fraction of sp³-hybridized carbons (Fsp3) is 0.500. The molecular weight excluding hydrogens is 380 g/mol. The van der Waals surface area contributed by atoms with E-state index in [1.807, 2.05) is 0 Å². The van der Waals surface area contributed by atoms with Crippen LogP contribution in [0.3, 0.4) is 0 Å². The van der Waals surface area contributed by atoms with Crippen LogP contribution in [0.25, 0.3) is 4.96 Å². The first-order valence-corrected chi connectivity index (χ1v) is 10.2. The van der Waals surface area contributed by atoms with Gasteiger partial charge in [0.1, 0.15) is 5.76 Å². The Hall–Kier alpha value is -2.75. The van der Waals surface area contributed by atoms with Gasteiger partial charge in [0.05, 0.1) is 0 Å². The van der Waals surface area contributed by atoms with Crippen molar-refractivity contribution >= 4 is 33.2 Å². The fourth-order valence-electron chi connectivity index (χ4n) is 3.34. The van der Waals surface area contributed by atoms with Crippen LogP contribution in [0, 0.1) is 12.8 Å². The third-order valence-electron chi connectivity index (χ3n) is 4.81. The van der Waals surface area contributed by atoms with Crippen molar-refractivity contribution in [2.45, 2.75) is 39.5 Å². The molecule has 1 N–H and O–H groups in total. The number of nitrogens with one attached hydrogen (secondary N) is 1. The molecule has 0 saturated carbocycles. The van der Waals surface area contributed by atoms with E-state index in [0.717, 1.165) is 23.7 Å². The van der Waals surface area contributed by atoms with Gasteiger partial charge >= 0.3 is 0 Å². The summed E-state index contributed by atoms with van der Waals surface area (Å²) in [6, 6.07) is 3.26. The Labute approximate surface area is 165 Å². The Morgan fingerprint density at radius 2 is 2.14 bits per heavy atom. The molecule has 1 fully saturated rings. The van der Waals surface area contributed by atoms with Crippen LogP contribution in [0.1, 0.15) is 37.6 Å². The Morgan fingerprint density at radius 3 is 2.82 bits per heavy atom. The molecule has 28 heavy (non-hydrogen) atoms. The van der Waals surface area contributed by atoms with Gasteiger partial charge in [0.2, 0.25) is 16.0 Å². The highest BCUT2D eigenvalue weighted by Gasteiger charge is 2.27. The summed E-state index contributed by atoms with van der Waals surface area (Å²) < 4.78 is 6.34. The Morgan fingerprint density at radius 1 is 1.36 bits per heavy atom. The number of carbonyl (C=O) groups excluding carboxylic acids is 1. The Bertz CT molecular complexity index is 1050. The Kier molecular flexibility index (Phi) is 5.12. The predicted octanol–water partition coefficient (Wildman–Crippen LogP) is 2.26. The lowest BCUT2D eigenvalue weighted by Gasteiger charge is -2.30. The lowest BCUT2D eigenvalue weighted by atomic mass is 9.96. The van der Waals surface area contributed by atoms with Gasteiger partial charge in [0.15, 0.2) is 5.82 Å². The topological polar surface area (TPSA) is 106 Å². The van der Waals surface area contributed by atoms with Crippen molar-refractivity contribution in [1.29, 1.82) is 0 Å². The number of aryl methyl sites for hydroxylation is 2. The second-order valence-corrected chi connectivity index (χ2v) is 7.92. The van der Waals surface area contributed by atoms with E-state index in [-0.39, 0.29) is 17.4 Å². The molecule has 1 aliphatic rings. The molecule has 0 spiro atoms. The predicted molar refractivity (Wildman–Crippen MR) is 106 cm³/mol. The number of rotatable bonds is 5. The zero-order valence-corrected chi connectivity index (χ0v) is 16.7. The quantitative estimate of drug-likeness (QED) is 0.698. The maximum Gasteiger partial charge on any atom is 0.275 e. The lowest BCUT2D eigenvalue weighted by Crippen LogP contribution is -2.38. The summed E-state index contributed by atoms with van der Waals surface area (Å²) in [5.74, 6) is 0.982. The molecule has 4 heterocycles. The van der Waals surface area contributed by atoms with Crippen molar-refractivity contribution in [3.63, 3.8) is 0 Å². The molecule has 0 aliphatic carbocycles. The summed E-state index contributed by atoms with van der Waals surface area (Å²) in [6.07, 6.45) is 3.15. The van der Waals surface area contributed by atoms with Crippen molar-refractivity contribution < 1.29 is 9.32 Å². The number of hydrogen-bond acceptors (Lipinski definition) is 8. The molecule has 9 nitrogen and oxygen atoms in total. The summed E-state index contributed by atoms with van der Waals surface area (Å²) in [7, 11) is 0. The number of fused-ring (bicyclic) bond motifs is 1. The number of nitrogens with zero attached hydrogens (tertiary/aromatic N) is 5. The van der Waals surface area contributed by atoms with E-state index < -0.39 is 0 Å². The van der Waals surface area contributed by atoms with Gasteiger partial charge in [-0.3, -0.25) is 9.59 Å². The lowest BCUT2D eigenvalue weighted by molar-refractivity contribution is -0.120. The van der Waals surface area contributed by atoms with E-state index in [4.69, 9.17) is 4.52 Å². The smallest absolute Gasteiger partial charge is 0.275 e. The van der Waals surface area contributed by atoms with Crippen LogP contribution >= 0.6 is 11.3 Å². The van der Waals surface area contributed by atoms with Crippen LogP contribution in [0.15, 0.2) is 21.5 Å². The highest BCUT2D eigenvalue weighted by Crippen LogP contribution is 2.27. The number of carbonyl (C=O) groups is 1. The molecule has 0 atom stereocenters. The first kappa shape index (κ1) is 18.6. The molecule has 1 amide bonds.